The largest absolute Gasteiger partial charge is 0.310 e. The van der Waals surface area contributed by atoms with Crippen LogP contribution in [0.15, 0.2) is 182 Å². The molecule has 0 aliphatic heterocycles. The number of rotatable bonds is 5. The molecule has 0 saturated heterocycles. The number of hydrogen-bond acceptors (Lipinski definition) is 1. The SMILES string of the molecule is c1ccc(-n2c3ccccc3c3c(N(c4ccc(-c5ccc6ccccc6c5)cc4)c4ccc5c(c4)C4(c6ccccc6-5)C5CC6CC(C5)CC4C6)cccc32)cc1. The molecule has 58 heavy (non-hydrogen) atoms. The minimum Gasteiger partial charge on any atom is -0.310 e. The fourth-order valence-corrected chi connectivity index (χ4v) is 12.9. The Bertz CT molecular complexity index is 3050. The molecule has 4 saturated carbocycles. The van der Waals surface area contributed by atoms with Crippen LogP contribution in [0.25, 0.3) is 60.5 Å². The third-order valence-corrected chi connectivity index (χ3v) is 14.9. The van der Waals surface area contributed by atoms with Crippen LogP contribution in [0, 0.1) is 23.7 Å². The standard InChI is InChI=1S/C56H44N2/c1-2-13-44(14-3-1)58-52-18-9-7-16-49(52)55-53(19-10-20-54(55)58)57(45-25-23-39(24-26-45)41-22-21-38-11-4-5-12-40(38)34-41)46-27-28-48-47-15-6-8-17-50(47)56(51(48)35-46)42-30-36-29-37(32-42)33-43(56)31-36/h1-28,34-37,42-43H,29-33H2. The van der Waals surface area contributed by atoms with Gasteiger partial charge in [-0.05, 0) is 161 Å². The molecule has 4 bridgehead atoms. The van der Waals surface area contributed by atoms with E-state index in [0.29, 0.717) is 11.8 Å². The topological polar surface area (TPSA) is 8.17 Å². The third-order valence-electron chi connectivity index (χ3n) is 14.9. The quantitative estimate of drug-likeness (QED) is 0.170. The molecular formula is C56H44N2. The highest BCUT2D eigenvalue weighted by Crippen LogP contribution is 2.69. The highest BCUT2D eigenvalue weighted by Gasteiger charge is 2.61. The van der Waals surface area contributed by atoms with Gasteiger partial charge in [0.15, 0.2) is 0 Å². The number of fused-ring (bicyclic) bond motifs is 7. The van der Waals surface area contributed by atoms with Gasteiger partial charge >= 0.3 is 0 Å². The van der Waals surface area contributed by atoms with Gasteiger partial charge < -0.3 is 9.47 Å². The van der Waals surface area contributed by atoms with Gasteiger partial charge in [-0.3, -0.25) is 0 Å². The average molecular weight is 745 g/mol. The molecular weight excluding hydrogens is 701 g/mol. The van der Waals surface area contributed by atoms with E-state index in [1.807, 2.05) is 0 Å². The summed E-state index contributed by atoms with van der Waals surface area (Å²) in [6.45, 7) is 0. The Morgan fingerprint density at radius 1 is 0.448 bits per heavy atom. The summed E-state index contributed by atoms with van der Waals surface area (Å²) in [7, 11) is 0. The Morgan fingerprint density at radius 2 is 1.10 bits per heavy atom. The summed E-state index contributed by atoms with van der Waals surface area (Å²) in [6.07, 6.45) is 6.97. The van der Waals surface area contributed by atoms with E-state index in [4.69, 9.17) is 0 Å². The Balaban J connectivity index is 1.04. The zero-order valence-corrected chi connectivity index (χ0v) is 32.6. The van der Waals surface area contributed by atoms with Gasteiger partial charge in [-0.25, -0.2) is 0 Å². The van der Waals surface area contributed by atoms with Gasteiger partial charge in [-0.2, -0.15) is 0 Å². The first kappa shape index (κ1) is 32.7. The van der Waals surface area contributed by atoms with E-state index in [0.717, 1.165) is 11.8 Å². The second kappa shape index (κ2) is 12.3. The number of aromatic nitrogens is 1. The van der Waals surface area contributed by atoms with Gasteiger partial charge in [0.05, 0.1) is 16.7 Å². The van der Waals surface area contributed by atoms with E-state index < -0.39 is 0 Å². The van der Waals surface area contributed by atoms with Crippen molar-refractivity contribution >= 4 is 49.6 Å². The number of hydrogen-bond donors (Lipinski definition) is 0. The summed E-state index contributed by atoms with van der Waals surface area (Å²) >= 11 is 0. The van der Waals surface area contributed by atoms with Crippen LogP contribution in [0.2, 0.25) is 0 Å². The first-order valence-corrected chi connectivity index (χ1v) is 21.4. The lowest BCUT2D eigenvalue weighted by Crippen LogP contribution is -2.55. The zero-order chi connectivity index (χ0) is 38.0. The predicted octanol–water partition coefficient (Wildman–Crippen LogP) is 14.8. The third kappa shape index (κ3) is 4.55. The van der Waals surface area contributed by atoms with E-state index in [2.05, 4.69) is 191 Å². The Labute approximate surface area is 340 Å². The Hall–Kier alpha value is -6.38. The van der Waals surface area contributed by atoms with Gasteiger partial charge in [-0.1, -0.05) is 121 Å². The lowest BCUT2D eigenvalue weighted by molar-refractivity contribution is -0.0399. The molecule has 278 valence electrons. The summed E-state index contributed by atoms with van der Waals surface area (Å²) in [6, 6.07) is 68.6. The smallest absolute Gasteiger partial charge is 0.0562 e. The van der Waals surface area contributed by atoms with Gasteiger partial charge in [-0.15, -0.1) is 0 Å². The first-order valence-electron chi connectivity index (χ1n) is 21.4. The molecule has 0 atom stereocenters. The van der Waals surface area contributed by atoms with Crippen molar-refractivity contribution in [1.29, 1.82) is 0 Å². The van der Waals surface area contributed by atoms with Crippen molar-refractivity contribution in [3.05, 3.63) is 193 Å². The lowest BCUT2D eigenvalue weighted by atomic mass is 9.43. The van der Waals surface area contributed by atoms with Crippen LogP contribution in [0.3, 0.4) is 0 Å². The van der Waals surface area contributed by atoms with Crippen LogP contribution in [0.5, 0.6) is 0 Å². The molecule has 9 aromatic rings. The molecule has 0 unspecified atom stereocenters. The van der Waals surface area contributed by atoms with Crippen molar-refractivity contribution in [1.82, 2.24) is 4.57 Å². The van der Waals surface area contributed by atoms with Crippen LogP contribution in [0.4, 0.5) is 17.1 Å². The predicted molar refractivity (Wildman–Crippen MR) is 242 cm³/mol. The Morgan fingerprint density at radius 3 is 1.93 bits per heavy atom. The van der Waals surface area contributed by atoms with Gasteiger partial charge in [0.1, 0.15) is 0 Å². The second-order valence-corrected chi connectivity index (χ2v) is 17.8. The van der Waals surface area contributed by atoms with Crippen LogP contribution >= 0.6 is 0 Å². The number of anilines is 3. The molecule has 2 heteroatoms. The normalized spacial score (nSPS) is 22.6. The van der Waals surface area contributed by atoms with E-state index >= 15 is 0 Å². The molecule has 0 N–H and O–H groups in total. The molecule has 5 aliphatic carbocycles. The average Bonchev–Trinajstić information content (AvgIpc) is 3.77. The van der Waals surface area contributed by atoms with E-state index in [1.165, 1.54) is 110 Å². The maximum Gasteiger partial charge on any atom is 0.0562 e. The molecule has 8 aromatic carbocycles. The van der Waals surface area contributed by atoms with Crippen molar-refractivity contribution in [2.45, 2.75) is 37.5 Å². The maximum atomic E-state index is 2.64. The second-order valence-electron chi connectivity index (χ2n) is 17.8. The van der Waals surface area contributed by atoms with Crippen molar-refractivity contribution in [3.63, 3.8) is 0 Å². The van der Waals surface area contributed by atoms with E-state index in [9.17, 15) is 0 Å². The summed E-state index contributed by atoms with van der Waals surface area (Å²) in [5, 5.41) is 5.08. The monoisotopic (exact) mass is 744 g/mol. The zero-order valence-electron chi connectivity index (χ0n) is 32.6. The molecule has 14 rings (SSSR count). The number of nitrogens with zero attached hydrogens (tertiary/aromatic N) is 2. The van der Waals surface area contributed by atoms with Gasteiger partial charge in [0.25, 0.3) is 0 Å². The van der Waals surface area contributed by atoms with Crippen LogP contribution in [-0.4, -0.2) is 4.57 Å². The summed E-state index contributed by atoms with van der Waals surface area (Å²) in [5.41, 5.74) is 15.9. The fourth-order valence-electron chi connectivity index (χ4n) is 12.9. The maximum absolute atomic E-state index is 2.64. The van der Waals surface area contributed by atoms with Crippen LogP contribution in [-0.2, 0) is 5.41 Å². The Kier molecular flexibility index (Phi) is 6.94. The summed E-state index contributed by atoms with van der Waals surface area (Å²) < 4.78 is 2.44. The lowest BCUT2D eigenvalue weighted by Gasteiger charge is -2.61. The minimum atomic E-state index is 0.0936. The minimum absolute atomic E-state index is 0.0936. The number of benzene rings is 8. The van der Waals surface area contributed by atoms with Crippen molar-refractivity contribution < 1.29 is 0 Å². The first-order chi connectivity index (χ1) is 28.7. The van der Waals surface area contributed by atoms with Crippen molar-refractivity contribution in [2.24, 2.45) is 23.7 Å². The molecule has 4 fully saturated rings. The highest BCUT2D eigenvalue weighted by atomic mass is 15.1. The molecule has 2 nitrogen and oxygen atoms in total. The summed E-state index contributed by atoms with van der Waals surface area (Å²) in [4.78, 5) is 2.57. The van der Waals surface area contributed by atoms with E-state index in [1.54, 1.807) is 11.1 Å². The van der Waals surface area contributed by atoms with Crippen molar-refractivity contribution in [2.75, 3.05) is 4.90 Å². The highest BCUT2D eigenvalue weighted by molar-refractivity contribution is 6.16. The molecule has 0 radical (unpaired) electrons. The summed E-state index contributed by atoms with van der Waals surface area (Å²) in [5.74, 6) is 3.24. The molecule has 0 amide bonds. The van der Waals surface area contributed by atoms with E-state index in [-0.39, 0.29) is 5.41 Å². The van der Waals surface area contributed by atoms with Gasteiger partial charge in [0.2, 0.25) is 0 Å². The number of para-hydroxylation sites is 2. The van der Waals surface area contributed by atoms with Crippen molar-refractivity contribution in [3.8, 4) is 27.9 Å². The molecule has 5 aliphatic rings. The fraction of sp³-hybridized carbons (Fsp3) is 0.179. The van der Waals surface area contributed by atoms with Crippen LogP contribution < -0.4 is 4.90 Å². The molecule has 1 spiro atoms. The van der Waals surface area contributed by atoms with Gasteiger partial charge in [0, 0.05) is 33.2 Å². The molecule has 1 aromatic heterocycles. The van der Waals surface area contributed by atoms with Crippen LogP contribution in [0.1, 0.15) is 43.2 Å². The molecule has 1 heterocycles.